The molecule has 0 saturated heterocycles. The van der Waals surface area contributed by atoms with Crippen LogP contribution in [0.1, 0.15) is 49.6 Å². The molecule has 14 heavy (non-hydrogen) atoms. The molecule has 1 aromatic rings. The van der Waals surface area contributed by atoms with Gasteiger partial charge in [0.1, 0.15) is 5.01 Å². The Hall–Kier alpha value is -0.410. The zero-order valence-corrected chi connectivity index (χ0v) is 9.30. The van der Waals surface area contributed by atoms with Gasteiger partial charge in [0.05, 0.1) is 6.04 Å². The maximum absolute atomic E-state index is 6.12. The van der Waals surface area contributed by atoms with Gasteiger partial charge >= 0.3 is 0 Å². The van der Waals surface area contributed by atoms with Crippen LogP contribution in [0.15, 0.2) is 11.6 Å². The molecule has 1 heterocycles. The van der Waals surface area contributed by atoms with Crippen LogP contribution in [0.25, 0.3) is 0 Å². The molecule has 1 saturated carbocycles. The highest BCUT2D eigenvalue weighted by Crippen LogP contribution is 2.31. The molecular formula is C11H18N2S. The van der Waals surface area contributed by atoms with Crippen molar-refractivity contribution in [3.63, 3.8) is 0 Å². The second kappa shape index (κ2) is 4.89. The second-order valence-electron chi connectivity index (χ2n) is 4.22. The average molecular weight is 210 g/mol. The highest BCUT2D eigenvalue weighted by Gasteiger charge is 2.18. The van der Waals surface area contributed by atoms with Crippen molar-refractivity contribution < 1.29 is 0 Å². The number of thiazole rings is 1. The van der Waals surface area contributed by atoms with Crippen molar-refractivity contribution >= 4 is 11.3 Å². The van der Waals surface area contributed by atoms with Crippen LogP contribution < -0.4 is 5.73 Å². The van der Waals surface area contributed by atoms with E-state index in [1.807, 2.05) is 11.6 Å². The molecule has 0 aromatic carbocycles. The van der Waals surface area contributed by atoms with Crippen molar-refractivity contribution in [3.8, 4) is 0 Å². The van der Waals surface area contributed by atoms with E-state index < -0.39 is 0 Å². The maximum atomic E-state index is 6.12. The molecule has 78 valence electrons. The molecule has 0 spiro atoms. The van der Waals surface area contributed by atoms with Crippen LogP contribution in [-0.4, -0.2) is 4.98 Å². The fraction of sp³-hybridized carbons (Fsp3) is 0.727. The predicted molar refractivity (Wildman–Crippen MR) is 60.2 cm³/mol. The first-order chi connectivity index (χ1) is 6.86. The quantitative estimate of drug-likeness (QED) is 0.832. The molecule has 0 bridgehead atoms. The Balaban J connectivity index is 1.84. The van der Waals surface area contributed by atoms with Gasteiger partial charge in [-0.3, -0.25) is 0 Å². The summed E-state index contributed by atoms with van der Waals surface area (Å²) >= 11 is 1.68. The monoisotopic (exact) mass is 210 g/mol. The van der Waals surface area contributed by atoms with Gasteiger partial charge in [0.25, 0.3) is 0 Å². The minimum Gasteiger partial charge on any atom is -0.322 e. The molecule has 1 atom stereocenters. The normalized spacial score (nSPS) is 20.9. The third kappa shape index (κ3) is 2.55. The fourth-order valence-corrected chi connectivity index (χ4v) is 2.95. The molecule has 0 radical (unpaired) electrons. The Morgan fingerprint density at radius 3 is 2.86 bits per heavy atom. The summed E-state index contributed by atoms with van der Waals surface area (Å²) in [5.41, 5.74) is 6.12. The first kappa shape index (κ1) is 10.1. The predicted octanol–water partition coefficient (Wildman–Crippen LogP) is 3.11. The van der Waals surface area contributed by atoms with Crippen molar-refractivity contribution in [2.75, 3.05) is 0 Å². The number of hydrogen-bond donors (Lipinski definition) is 1. The van der Waals surface area contributed by atoms with E-state index in [1.54, 1.807) is 11.3 Å². The zero-order chi connectivity index (χ0) is 9.80. The third-order valence-electron chi connectivity index (χ3n) is 3.08. The summed E-state index contributed by atoms with van der Waals surface area (Å²) in [6.07, 6.45) is 9.94. The average Bonchev–Trinajstić information content (AvgIpc) is 2.72. The van der Waals surface area contributed by atoms with E-state index in [0.717, 1.165) is 17.3 Å². The van der Waals surface area contributed by atoms with Gasteiger partial charge in [-0.15, -0.1) is 11.3 Å². The van der Waals surface area contributed by atoms with E-state index in [-0.39, 0.29) is 6.04 Å². The molecule has 3 heteroatoms. The van der Waals surface area contributed by atoms with Gasteiger partial charge in [0.15, 0.2) is 0 Å². The van der Waals surface area contributed by atoms with Gasteiger partial charge in [0, 0.05) is 11.6 Å². The summed E-state index contributed by atoms with van der Waals surface area (Å²) in [7, 11) is 0. The van der Waals surface area contributed by atoms with Gasteiger partial charge in [-0.1, -0.05) is 32.1 Å². The topological polar surface area (TPSA) is 38.9 Å². The summed E-state index contributed by atoms with van der Waals surface area (Å²) in [5, 5.41) is 3.12. The van der Waals surface area contributed by atoms with Crippen LogP contribution in [0.2, 0.25) is 0 Å². The zero-order valence-electron chi connectivity index (χ0n) is 8.48. The molecule has 2 nitrogen and oxygen atoms in total. The Morgan fingerprint density at radius 1 is 1.43 bits per heavy atom. The van der Waals surface area contributed by atoms with Gasteiger partial charge in [0.2, 0.25) is 0 Å². The molecule has 1 aliphatic rings. The number of rotatable bonds is 3. The fourth-order valence-electron chi connectivity index (χ4n) is 2.30. The number of hydrogen-bond acceptors (Lipinski definition) is 3. The van der Waals surface area contributed by atoms with Crippen LogP contribution in [-0.2, 0) is 0 Å². The summed E-state index contributed by atoms with van der Waals surface area (Å²) in [6, 6.07) is 0.179. The minimum absolute atomic E-state index is 0.179. The second-order valence-corrected chi connectivity index (χ2v) is 5.14. The third-order valence-corrected chi connectivity index (χ3v) is 3.99. The van der Waals surface area contributed by atoms with Gasteiger partial charge < -0.3 is 5.73 Å². The minimum atomic E-state index is 0.179. The number of nitrogens with two attached hydrogens (primary N) is 1. The van der Waals surface area contributed by atoms with E-state index >= 15 is 0 Å². The molecule has 1 unspecified atom stereocenters. The number of nitrogens with zero attached hydrogens (tertiary/aromatic N) is 1. The van der Waals surface area contributed by atoms with E-state index in [4.69, 9.17) is 5.73 Å². The Bertz CT molecular complexity index is 252. The van der Waals surface area contributed by atoms with Crippen molar-refractivity contribution in [3.05, 3.63) is 16.6 Å². The molecule has 1 aromatic heterocycles. The lowest BCUT2D eigenvalue weighted by Gasteiger charge is -2.23. The van der Waals surface area contributed by atoms with Crippen LogP contribution in [0, 0.1) is 5.92 Å². The van der Waals surface area contributed by atoms with Crippen molar-refractivity contribution in [2.24, 2.45) is 11.7 Å². The highest BCUT2D eigenvalue weighted by atomic mass is 32.1. The Labute approximate surface area is 89.5 Å². The van der Waals surface area contributed by atoms with Crippen LogP contribution in [0.4, 0.5) is 0 Å². The molecular weight excluding hydrogens is 192 g/mol. The Morgan fingerprint density at radius 2 is 2.21 bits per heavy atom. The molecule has 0 aliphatic heterocycles. The van der Waals surface area contributed by atoms with E-state index in [1.165, 1.54) is 32.1 Å². The summed E-state index contributed by atoms with van der Waals surface area (Å²) in [6.45, 7) is 0. The Kier molecular flexibility index (Phi) is 3.54. The molecule has 1 fully saturated rings. The maximum Gasteiger partial charge on any atom is 0.109 e. The van der Waals surface area contributed by atoms with E-state index in [9.17, 15) is 0 Å². The highest BCUT2D eigenvalue weighted by molar-refractivity contribution is 7.09. The smallest absolute Gasteiger partial charge is 0.109 e. The van der Waals surface area contributed by atoms with Crippen LogP contribution >= 0.6 is 11.3 Å². The summed E-state index contributed by atoms with van der Waals surface area (Å²) < 4.78 is 0. The van der Waals surface area contributed by atoms with Gasteiger partial charge in [-0.05, 0) is 12.3 Å². The number of aromatic nitrogens is 1. The van der Waals surface area contributed by atoms with Gasteiger partial charge in [-0.25, -0.2) is 4.98 Å². The molecule has 2 N–H and O–H groups in total. The lowest BCUT2D eigenvalue weighted by atomic mass is 9.85. The molecule has 2 rings (SSSR count). The van der Waals surface area contributed by atoms with Crippen molar-refractivity contribution in [1.82, 2.24) is 4.98 Å². The molecule has 1 aliphatic carbocycles. The van der Waals surface area contributed by atoms with Crippen LogP contribution in [0.5, 0.6) is 0 Å². The SMILES string of the molecule is NC(CC1CCCCC1)c1nccs1. The first-order valence-corrected chi connectivity index (χ1v) is 6.39. The molecule has 0 amide bonds. The van der Waals surface area contributed by atoms with Crippen molar-refractivity contribution in [1.29, 1.82) is 0 Å². The lowest BCUT2D eigenvalue weighted by Crippen LogP contribution is -2.17. The standard InChI is InChI=1S/C11H18N2S/c12-10(11-13-6-7-14-11)8-9-4-2-1-3-5-9/h6-7,9-10H,1-5,8,12H2. The van der Waals surface area contributed by atoms with E-state index in [2.05, 4.69) is 4.98 Å². The summed E-state index contributed by atoms with van der Waals surface area (Å²) in [5.74, 6) is 0.850. The van der Waals surface area contributed by atoms with E-state index in [0.29, 0.717) is 0 Å². The first-order valence-electron chi connectivity index (χ1n) is 5.51. The summed E-state index contributed by atoms with van der Waals surface area (Å²) in [4.78, 5) is 4.28. The lowest BCUT2D eigenvalue weighted by molar-refractivity contribution is 0.319. The van der Waals surface area contributed by atoms with Crippen molar-refractivity contribution in [2.45, 2.75) is 44.6 Å². The van der Waals surface area contributed by atoms with Gasteiger partial charge in [-0.2, -0.15) is 0 Å². The largest absolute Gasteiger partial charge is 0.322 e. The van der Waals surface area contributed by atoms with Crippen LogP contribution in [0.3, 0.4) is 0 Å².